The van der Waals surface area contributed by atoms with Crippen molar-refractivity contribution in [3.8, 4) is 0 Å². The van der Waals surface area contributed by atoms with Gasteiger partial charge in [-0.3, -0.25) is 5.41 Å². The quantitative estimate of drug-likeness (QED) is 0.347. The number of nitrogens with one attached hydrogen (secondary N) is 1. The Labute approximate surface area is 154 Å². The van der Waals surface area contributed by atoms with Gasteiger partial charge in [-0.15, -0.1) is 0 Å². The minimum Gasteiger partial charge on any atom is -0.428 e. The fourth-order valence-electron chi connectivity index (χ4n) is 3.89. The second kappa shape index (κ2) is 6.67. The number of aromatic nitrogens is 1. The van der Waals surface area contributed by atoms with Crippen molar-refractivity contribution in [2.75, 3.05) is 5.73 Å². The normalized spacial score (nSPS) is 13.4. The number of nitrogen functional groups attached to an aromatic ring is 1. The second-order valence-electron chi connectivity index (χ2n) is 8.72. The summed E-state index contributed by atoms with van der Waals surface area (Å²) in [5.41, 5.74) is 9.17. The standard InChI is InChI=1S/C22H29N3O/c1-14(13-22(2,3)4)5-6-15-7-10-19-18(11-15)21(24)17-9-8-16(23)12-20(17)25(19)26/h7-12,14,24,26H,5-6,13,23H2,1-4H3. The first-order valence-electron chi connectivity index (χ1n) is 9.26. The molecule has 3 aromatic rings. The van der Waals surface area contributed by atoms with Crippen molar-refractivity contribution in [2.24, 2.45) is 11.3 Å². The van der Waals surface area contributed by atoms with Gasteiger partial charge >= 0.3 is 0 Å². The van der Waals surface area contributed by atoms with Crippen LogP contribution in [0.4, 0.5) is 5.69 Å². The van der Waals surface area contributed by atoms with Crippen molar-refractivity contribution >= 4 is 27.5 Å². The van der Waals surface area contributed by atoms with Crippen LogP contribution in [0.5, 0.6) is 0 Å². The number of rotatable bonds is 4. The number of nitrogens with zero attached hydrogens (tertiary/aromatic N) is 1. The molecule has 4 N–H and O–H groups in total. The van der Waals surface area contributed by atoms with E-state index >= 15 is 0 Å². The Kier molecular flexibility index (Phi) is 4.70. The molecule has 1 unspecified atom stereocenters. The van der Waals surface area contributed by atoms with Gasteiger partial charge in [0, 0.05) is 16.5 Å². The van der Waals surface area contributed by atoms with E-state index in [1.165, 1.54) is 12.0 Å². The van der Waals surface area contributed by atoms with Gasteiger partial charge in [0.05, 0.1) is 16.4 Å². The molecule has 0 bridgehead atoms. The molecular weight excluding hydrogens is 322 g/mol. The average Bonchev–Trinajstić information content (AvgIpc) is 2.56. The molecule has 0 spiro atoms. The Morgan fingerprint density at radius 3 is 2.50 bits per heavy atom. The molecule has 0 aliphatic carbocycles. The zero-order valence-electron chi connectivity index (χ0n) is 16.1. The largest absolute Gasteiger partial charge is 0.428 e. The predicted molar refractivity (Wildman–Crippen MR) is 108 cm³/mol. The summed E-state index contributed by atoms with van der Waals surface area (Å²) in [4.78, 5) is 0. The van der Waals surface area contributed by atoms with E-state index in [9.17, 15) is 5.21 Å². The highest BCUT2D eigenvalue weighted by molar-refractivity contribution is 5.94. The van der Waals surface area contributed by atoms with Crippen molar-refractivity contribution in [2.45, 2.75) is 47.0 Å². The Morgan fingerprint density at radius 1 is 1.08 bits per heavy atom. The van der Waals surface area contributed by atoms with E-state index in [4.69, 9.17) is 11.1 Å². The summed E-state index contributed by atoms with van der Waals surface area (Å²) in [7, 11) is 0. The summed E-state index contributed by atoms with van der Waals surface area (Å²) in [6, 6.07) is 11.3. The maximum Gasteiger partial charge on any atom is 0.0914 e. The number of anilines is 1. The molecule has 0 amide bonds. The highest BCUT2D eigenvalue weighted by atomic mass is 16.5. The van der Waals surface area contributed by atoms with Crippen LogP contribution in [0.15, 0.2) is 36.4 Å². The number of benzene rings is 2. The van der Waals surface area contributed by atoms with Gasteiger partial charge in [-0.25, -0.2) is 0 Å². The molecule has 0 aliphatic heterocycles. The lowest BCUT2D eigenvalue weighted by molar-refractivity contribution is 0.211. The summed E-state index contributed by atoms with van der Waals surface area (Å²) in [5, 5.41) is 21.0. The number of pyridine rings is 1. The molecule has 2 aromatic carbocycles. The van der Waals surface area contributed by atoms with E-state index in [1.54, 1.807) is 18.2 Å². The molecule has 0 saturated carbocycles. The van der Waals surface area contributed by atoms with Crippen molar-refractivity contribution < 1.29 is 5.21 Å². The van der Waals surface area contributed by atoms with Crippen LogP contribution in [-0.2, 0) is 6.42 Å². The van der Waals surface area contributed by atoms with E-state index in [2.05, 4.69) is 33.8 Å². The highest BCUT2D eigenvalue weighted by Gasteiger charge is 2.15. The van der Waals surface area contributed by atoms with E-state index in [0.717, 1.165) is 23.0 Å². The number of hydrogen-bond acceptors (Lipinski definition) is 3. The maximum atomic E-state index is 10.6. The van der Waals surface area contributed by atoms with Crippen LogP contribution >= 0.6 is 0 Å². The van der Waals surface area contributed by atoms with E-state index in [-0.39, 0.29) is 0 Å². The molecule has 4 nitrogen and oxygen atoms in total. The Hall–Kier alpha value is -2.49. The lowest BCUT2D eigenvalue weighted by Gasteiger charge is -2.23. The Morgan fingerprint density at radius 2 is 1.81 bits per heavy atom. The molecule has 3 rings (SSSR count). The van der Waals surface area contributed by atoms with Gasteiger partial charge in [-0.1, -0.05) is 33.8 Å². The van der Waals surface area contributed by atoms with Crippen LogP contribution in [0.25, 0.3) is 21.8 Å². The molecule has 1 heterocycles. The third-order valence-electron chi connectivity index (χ3n) is 4.96. The number of hydrogen-bond donors (Lipinski definition) is 3. The predicted octanol–water partition coefficient (Wildman–Crippen LogP) is 5.10. The van der Waals surface area contributed by atoms with Gasteiger partial charge in [0.25, 0.3) is 0 Å². The summed E-state index contributed by atoms with van der Waals surface area (Å²) in [6.07, 6.45) is 3.31. The van der Waals surface area contributed by atoms with Crippen molar-refractivity contribution in [3.63, 3.8) is 0 Å². The lowest BCUT2D eigenvalue weighted by atomic mass is 9.83. The highest BCUT2D eigenvalue weighted by Crippen LogP contribution is 2.27. The molecule has 0 fully saturated rings. The van der Waals surface area contributed by atoms with Crippen LogP contribution in [0, 0.1) is 16.7 Å². The Bertz CT molecular complexity index is 1010. The third kappa shape index (κ3) is 3.69. The first-order chi connectivity index (χ1) is 12.2. The SMILES string of the molecule is CC(CCc1ccc2c(c1)c(=N)c1ccc(N)cc1n2O)CC(C)(C)C. The fourth-order valence-corrected chi connectivity index (χ4v) is 3.89. The zero-order chi connectivity index (χ0) is 19.1. The van der Waals surface area contributed by atoms with Crippen LogP contribution in [0.1, 0.15) is 46.1 Å². The third-order valence-corrected chi connectivity index (χ3v) is 4.96. The summed E-state index contributed by atoms with van der Waals surface area (Å²) in [6.45, 7) is 9.15. The first kappa shape index (κ1) is 18.3. The summed E-state index contributed by atoms with van der Waals surface area (Å²) < 4.78 is 1.14. The fraction of sp³-hybridized carbons (Fsp3) is 0.409. The van der Waals surface area contributed by atoms with Crippen molar-refractivity contribution in [1.82, 2.24) is 4.73 Å². The van der Waals surface area contributed by atoms with E-state index < -0.39 is 0 Å². The van der Waals surface area contributed by atoms with Crippen LogP contribution < -0.4 is 11.1 Å². The second-order valence-corrected chi connectivity index (χ2v) is 8.72. The molecule has 1 atom stereocenters. The minimum absolute atomic E-state index is 0.348. The van der Waals surface area contributed by atoms with Crippen LogP contribution in [-0.4, -0.2) is 9.94 Å². The molecule has 1 aromatic heterocycles. The monoisotopic (exact) mass is 351 g/mol. The molecule has 4 heteroatoms. The maximum absolute atomic E-state index is 10.6. The number of nitrogens with two attached hydrogens (primary N) is 1. The van der Waals surface area contributed by atoms with Gasteiger partial charge in [-0.2, -0.15) is 4.73 Å². The van der Waals surface area contributed by atoms with Crippen LogP contribution in [0.2, 0.25) is 0 Å². The first-order valence-corrected chi connectivity index (χ1v) is 9.26. The average molecular weight is 351 g/mol. The van der Waals surface area contributed by atoms with Gasteiger partial charge in [0.15, 0.2) is 0 Å². The van der Waals surface area contributed by atoms with Gasteiger partial charge < -0.3 is 10.9 Å². The van der Waals surface area contributed by atoms with Crippen molar-refractivity contribution in [1.29, 1.82) is 5.41 Å². The molecule has 0 radical (unpaired) electrons. The molecular formula is C22H29N3O. The molecule has 26 heavy (non-hydrogen) atoms. The minimum atomic E-state index is 0.348. The van der Waals surface area contributed by atoms with Gasteiger partial charge in [0.1, 0.15) is 0 Å². The molecule has 0 saturated heterocycles. The van der Waals surface area contributed by atoms with Crippen LogP contribution in [0.3, 0.4) is 0 Å². The summed E-state index contributed by atoms with van der Waals surface area (Å²) in [5.74, 6) is 0.656. The lowest BCUT2D eigenvalue weighted by Crippen LogP contribution is -2.12. The molecule has 138 valence electrons. The number of aryl methyl sites for hydroxylation is 1. The topological polar surface area (TPSA) is 75.0 Å². The van der Waals surface area contributed by atoms with E-state index in [0.29, 0.717) is 38.8 Å². The van der Waals surface area contributed by atoms with Gasteiger partial charge in [-0.05, 0) is 66.5 Å². The zero-order valence-corrected chi connectivity index (χ0v) is 16.1. The molecule has 0 aliphatic rings. The van der Waals surface area contributed by atoms with Gasteiger partial charge in [0.2, 0.25) is 0 Å². The van der Waals surface area contributed by atoms with Crippen molar-refractivity contribution in [3.05, 3.63) is 47.3 Å². The smallest absolute Gasteiger partial charge is 0.0914 e. The van der Waals surface area contributed by atoms with E-state index in [1.807, 2.05) is 12.1 Å². The summed E-state index contributed by atoms with van der Waals surface area (Å²) >= 11 is 0. The Balaban J connectivity index is 1.96. The number of fused-ring (bicyclic) bond motifs is 2.